The predicted octanol–water partition coefficient (Wildman–Crippen LogP) is 2.79. The Kier molecular flexibility index (Phi) is 3.10. The van der Waals surface area contributed by atoms with Gasteiger partial charge in [-0.2, -0.15) is 5.10 Å². The Morgan fingerprint density at radius 2 is 2.31 bits per heavy atom. The quantitative estimate of drug-likeness (QED) is 0.825. The van der Waals surface area contributed by atoms with E-state index in [9.17, 15) is 4.39 Å². The van der Waals surface area contributed by atoms with Gasteiger partial charge in [-0.25, -0.2) is 4.39 Å². The smallest absolute Gasteiger partial charge is 0.157 e. The third-order valence-electron chi connectivity index (χ3n) is 2.08. The number of rotatable bonds is 3. The highest BCUT2D eigenvalue weighted by molar-refractivity contribution is 6.31. The molecule has 0 saturated heterocycles. The van der Waals surface area contributed by atoms with Crippen molar-refractivity contribution in [3.05, 3.63) is 47.0 Å². The lowest BCUT2D eigenvalue weighted by molar-refractivity contribution is 0.305. The van der Waals surface area contributed by atoms with Crippen molar-refractivity contribution in [2.75, 3.05) is 0 Å². The molecule has 0 unspecified atom stereocenters. The number of benzene rings is 1. The van der Waals surface area contributed by atoms with Crippen LogP contribution in [0.1, 0.15) is 5.56 Å². The first kappa shape index (κ1) is 11.0. The van der Waals surface area contributed by atoms with E-state index in [1.54, 1.807) is 24.1 Å². The molecule has 0 aliphatic rings. The second-order valence-corrected chi connectivity index (χ2v) is 3.78. The summed E-state index contributed by atoms with van der Waals surface area (Å²) in [6.45, 7) is 0.224. The monoisotopic (exact) mass is 240 g/mol. The van der Waals surface area contributed by atoms with Crippen molar-refractivity contribution >= 4 is 11.6 Å². The molecule has 3 nitrogen and oxygen atoms in total. The summed E-state index contributed by atoms with van der Waals surface area (Å²) in [5.41, 5.74) is 0.616. The number of aryl methyl sites for hydroxylation is 1. The SMILES string of the molecule is Cn1cc(OCc2cc(F)ccc2Cl)cn1. The summed E-state index contributed by atoms with van der Waals surface area (Å²) in [7, 11) is 1.79. The molecule has 16 heavy (non-hydrogen) atoms. The number of hydrogen-bond donors (Lipinski definition) is 0. The molecule has 1 aromatic carbocycles. The van der Waals surface area contributed by atoms with Gasteiger partial charge in [-0.05, 0) is 18.2 Å². The molecule has 0 aliphatic carbocycles. The molecule has 0 amide bonds. The van der Waals surface area contributed by atoms with E-state index in [2.05, 4.69) is 5.10 Å². The van der Waals surface area contributed by atoms with Gasteiger partial charge in [0, 0.05) is 17.6 Å². The van der Waals surface area contributed by atoms with E-state index < -0.39 is 0 Å². The van der Waals surface area contributed by atoms with Crippen LogP contribution in [0, 0.1) is 5.82 Å². The number of nitrogens with zero attached hydrogens (tertiary/aromatic N) is 2. The third-order valence-corrected chi connectivity index (χ3v) is 2.45. The molecular weight excluding hydrogens is 231 g/mol. The Bertz CT molecular complexity index is 498. The van der Waals surface area contributed by atoms with Crippen molar-refractivity contribution in [1.82, 2.24) is 9.78 Å². The molecular formula is C11H10ClFN2O. The molecule has 0 N–H and O–H groups in total. The maximum Gasteiger partial charge on any atom is 0.157 e. The van der Waals surface area contributed by atoms with Crippen LogP contribution in [0.25, 0.3) is 0 Å². The average molecular weight is 241 g/mol. The highest BCUT2D eigenvalue weighted by Gasteiger charge is 2.04. The standard InChI is InChI=1S/C11H10ClFN2O/c1-15-6-10(5-14-15)16-7-8-4-9(13)2-3-11(8)12/h2-6H,7H2,1H3. The number of hydrogen-bond acceptors (Lipinski definition) is 2. The van der Waals surface area contributed by atoms with Crippen molar-refractivity contribution in [3.8, 4) is 5.75 Å². The van der Waals surface area contributed by atoms with Gasteiger partial charge in [-0.1, -0.05) is 11.6 Å². The lowest BCUT2D eigenvalue weighted by atomic mass is 10.2. The summed E-state index contributed by atoms with van der Waals surface area (Å²) in [5.74, 6) is 0.303. The first-order valence-corrected chi connectivity index (χ1v) is 5.08. The summed E-state index contributed by atoms with van der Waals surface area (Å²) in [5, 5.41) is 4.44. The molecule has 0 radical (unpaired) electrons. The van der Waals surface area contributed by atoms with Gasteiger partial charge in [0.15, 0.2) is 5.75 Å². The maximum atomic E-state index is 12.9. The third kappa shape index (κ3) is 2.52. The van der Waals surface area contributed by atoms with Crippen LogP contribution in [0.2, 0.25) is 5.02 Å². The highest BCUT2D eigenvalue weighted by Crippen LogP contribution is 2.19. The zero-order valence-electron chi connectivity index (χ0n) is 8.65. The Morgan fingerprint density at radius 1 is 1.50 bits per heavy atom. The minimum absolute atomic E-state index is 0.224. The molecule has 0 atom stereocenters. The summed E-state index contributed by atoms with van der Waals surface area (Å²) < 4.78 is 20.0. The summed E-state index contributed by atoms with van der Waals surface area (Å²) in [6.07, 6.45) is 3.32. The minimum Gasteiger partial charge on any atom is -0.486 e. The number of halogens is 2. The van der Waals surface area contributed by atoms with E-state index in [-0.39, 0.29) is 12.4 Å². The van der Waals surface area contributed by atoms with Crippen LogP contribution < -0.4 is 4.74 Å². The molecule has 0 fully saturated rings. The van der Waals surface area contributed by atoms with Crippen molar-refractivity contribution in [3.63, 3.8) is 0 Å². The fourth-order valence-corrected chi connectivity index (χ4v) is 1.46. The van der Waals surface area contributed by atoms with E-state index in [1.807, 2.05) is 0 Å². The zero-order valence-corrected chi connectivity index (χ0v) is 9.41. The van der Waals surface area contributed by atoms with Crippen LogP contribution in [-0.2, 0) is 13.7 Å². The van der Waals surface area contributed by atoms with Crippen LogP contribution >= 0.6 is 11.6 Å². The minimum atomic E-state index is -0.325. The second-order valence-electron chi connectivity index (χ2n) is 3.37. The molecule has 84 valence electrons. The van der Waals surface area contributed by atoms with Crippen LogP contribution in [0.3, 0.4) is 0 Å². The van der Waals surface area contributed by atoms with Crippen LogP contribution in [-0.4, -0.2) is 9.78 Å². The topological polar surface area (TPSA) is 27.1 Å². The molecule has 0 aliphatic heterocycles. The van der Waals surface area contributed by atoms with Gasteiger partial charge >= 0.3 is 0 Å². The lowest BCUT2D eigenvalue weighted by Crippen LogP contribution is -1.96. The van der Waals surface area contributed by atoms with Gasteiger partial charge in [0.25, 0.3) is 0 Å². The van der Waals surface area contributed by atoms with E-state index in [4.69, 9.17) is 16.3 Å². The maximum absolute atomic E-state index is 12.9. The predicted molar refractivity (Wildman–Crippen MR) is 59.0 cm³/mol. The van der Waals surface area contributed by atoms with E-state index in [0.29, 0.717) is 16.3 Å². The van der Waals surface area contributed by atoms with E-state index >= 15 is 0 Å². The van der Waals surface area contributed by atoms with Crippen LogP contribution in [0.15, 0.2) is 30.6 Å². The molecule has 2 aromatic rings. The highest BCUT2D eigenvalue weighted by atomic mass is 35.5. The van der Waals surface area contributed by atoms with E-state index in [1.165, 1.54) is 18.2 Å². The van der Waals surface area contributed by atoms with E-state index in [0.717, 1.165) is 0 Å². The second kappa shape index (κ2) is 4.53. The summed E-state index contributed by atoms with van der Waals surface area (Å²) in [4.78, 5) is 0. The van der Waals surface area contributed by atoms with Crippen molar-refractivity contribution < 1.29 is 9.13 Å². The molecule has 1 aromatic heterocycles. The first-order chi connectivity index (χ1) is 7.65. The Labute approximate surface area is 97.4 Å². The summed E-state index contributed by atoms with van der Waals surface area (Å²) in [6, 6.07) is 4.19. The first-order valence-electron chi connectivity index (χ1n) is 4.70. The molecule has 0 saturated carbocycles. The zero-order chi connectivity index (χ0) is 11.5. The lowest BCUT2D eigenvalue weighted by Gasteiger charge is -2.05. The van der Waals surface area contributed by atoms with Crippen molar-refractivity contribution in [1.29, 1.82) is 0 Å². The van der Waals surface area contributed by atoms with Crippen molar-refractivity contribution in [2.24, 2.45) is 7.05 Å². The molecule has 0 spiro atoms. The van der Waals surface area contributed by atoms with Crippen LogP contribution in [0.4, 0.5) is 4.39 Å². The van der Waals surface area contributed by atoms with Gasteiger partial charge < -0.3 is 4.74 Å². The normalized spacial score (nSPS) is 10.4. The van der Waals surface area contributed by atoms with Gasteiger partial charge in [0.2, 0.25) is 0 Å². The van der Waals surface area contributed by atoms with Crippen molar-refractivity contribution in [2.45, 2.75) is 6.61 Å². The molecule has 2 rings (SSSR count). The Balaban J connectivity index is 2.07. The van der Waals surface area contributed by atoms with Gasteiger partial charge in [-0.3, -0.25) is 4.68 Å². The Hall–Kier alpha value is -1.55. The average Bonchev–Trinajstić information content (AvgIpc) is 2.66. The number of ether oxygens (including phenoxy) is 1. The number of aromatic nitrogens is 2. The van der Waals surface area contributed by atoms with Gasteiger partial charge in [0.1, 0.15) is 12.4 Å². The largest absolute Gasteiger partial charge is 0.486 e. The molecule has 0 bridgehead atoms. The van der Waals surface area contributed by atoms with Gasteiger partial charge in [0.05, 0.1) is 12.4 Å². The van der Waals surface area contributed by atoms with Crippen LogP contribution in [0.5, 0.6) is 5.75 Å². The summed E-state index contributed by atoms with van der Waals surface area (Å²) >= 11 is 5.90. The van der Waals surface area contributed by atoms with Gasteiger partial charge in [-0.15, -0.1) is 0 Å². The fraction of sp³-hybridized carbons (Fsp3) is 0.182. The molecule has 5 heteroatoms. The Morgan fingerprint density at radius 3 is 3.00 bits per heavy atom. The fourth-order valence-electron chi connectivity index (χ4n) is 1.29. The molecule has 1 heterocycles.